The van der Waals surface area contributed by atoms with Gasteiger partial charge < -0.3 is 4.74 Å². The maximum atomic E-state index is 13.5. The summed E-state index contributed by atoms with van der Waals surface area (Å²) < 4.78 is 37.0. The van der Waals surface area contributed by atoms with E-state index in [4.69, 9.17) is 4.74 Å². The second-order valence-electron chi connectivity index (χ2n) is 8.78. The second kappa shape index (κ2) is 7.71. The minimum atomic E-state index is -3.76. The number of hydrogen-bond donors (Lipinski definition) is 0. The molecule has 3 aromatic rings. The number of aryl methyl sites for hydroxylation is 1. The summed E-state index contributed by atoms with van der Waals surface area (Å²) in [5.41, 5.74) is 1.29. The maximum absolute atomic E-state index is 13.5. The van der Waals surface area contributed by atoms with Crippen molar-refractivity contribution < 1.29 is 13.2 Å². The van der Waals surface area contributed by atoms with Gasteiger partial charge in [0, 0.05) is 39.0 Å². The van der Waals surface area contributed by atoms with Gasteiger partial charge in [-0.05, 0) is 24.6 Å². The van der Waals surface area contributed by atoms with Crippen LogP contribution in [0.3, 0.4) is 0 Å². The molecule has 1 unspecified atom stereocenters. The van der Waals surface area contributed by atoms with Gasteiger partial charge in [0.2, 0.25) is 15.9 Å². The minimum Gasteiger partial charge on any atom is -0.470 e. The fourth-order valence-corrected chi connectivity index (χ4v) is 6.44. The van der Waals surface area contributed by atoms with Crippen LogP contribution in [0.4, 0.5) is 0 Å². The Hall–Kier alpha value is -3.17. The molecule has 1 saturated heterocycles. The Labute approximate surface area is 191 Å². The molecule has 0 amide bonds. The average molecular weight is 468 g/mol. The van der Waals surface area contributed by atoms with Gasteiger partial charge in [-0.2, -0.15) is 4.31 Å². The minimum absolute atomic E-state index is 0.147. The largest absolute Gasteiger partial charge is 0.470 e. The molecule has 3 heterocycles. The number of fused-ring (bicyclic) bond motifs is 3. The highest BCUT2D eigenvalue weighted by Gasteiger charge is 2.50. The zero-order valence-electron chi connectivity index (χ0n) is 18.6. The molecule has 2 aromatic carbocycles. The van der Waals surface area contributed by atoms with Crippen molar-refractivity contribution in [2.75, 3.05) is 13.1 Å². The van der Waals surface area contributed by atoms with Crippen LogP contribution in [0.5, 0.6) is 5.88 Å². The van der Waals surface area contributed by atoms with Gasteiger partial charge in [-0.25, -0.2) is 13.2 Å². The average Bonchev–Trinajstić information content (AvgIpc) is 3.27. The van der Waals surface area contributed by atoms with Crippen LogP contribution in [0.2, 0.25) is 0 Å². The SMILES string of the molecule is Cc1ccc(S(=O)(=O)N2C[C@@H]3c4c(n(C)c(=O)n(C)c4=O)OC(c4ccccc4)[C@H]3C2)cc1. The fourth-order valence-electron chi connectivity index (χ4n) is 4.94. The molecule has 0 spiro atoms. The highest BCUT2D eigenvalue weighted by atomic mass is 32.2. The molecule has 3 atom stereocenters. The lowest BCUT2D eigenvalue weighted by Gasteiger charge is -2.35. The number of nitrogens with zero attached hydrogens (tertiary/aromatic N) is 3. The third-order valence-electron chi connectivity index (χ3n) is 6.76. The molecule has 9 heteroatoms. The molecule has 2 aliphatic heterocycles. The lowest BCUT2D eigenvalue weighted by atomic mass is 9.81. The number of rotatable bonds is 3. The van der Waals surface area contributed by atoms with E-state index in [1.165, 1.54) is 15.9 Å². The van der Waals surface area contributed by atoms with E-state index in [1.807, 2.05) is 37.3 Å². The molecule has 0 bridgehead atoms. The molecule has 0 N–H and O–H groups in total. The highest BCUT2D eigenvalue weighted by Crippen LogP contribution is 2.49. The van der Waals surface area contributed by atoms with Crippen LogP contribution in [0.1, 0.15) is 28.7 Å². The Bertz CT molecular complexity index is 1440. The first-order valence-corrected chi connectivity index (χ1v) is 12.2. The summed E-state index contributed by atoms with van der Waals surface area (Å²) in [7, 11) is -0.765. The standard InChI is InChI=1S/C24H25N3O5S/c1-15-9-11-17(12-10-15)33(30,31)27-13-18-19(14-27)21(16-7-5-4-6-8-16)32-23-20(18)22(28)25(2)24(29)26(23)3/h4-12,18-19,21H,13-14H2,1-3H3/t18-,19-,21?/m0/s1. The monoisotopic (exact) mass is 467 g/mol. The van der Waals surface area contributed by atoms with Crippen LogP contribution in [-0.2, 0) is 24.1 Å². The van der Waals surface area contributed by atoms with Crippen LogP contribution in [-0.4, -0.2) is 34.9 Å². The smallest absolute Gasteiger partial charge is 0.333 e. The molecule has 0 aliphatic carbocycles. The molecule has 5 rings (SSSR count). The van der Waals surface area contributed by atoms with E-state index in [9.17, 15) is 18.0 Å². The van der Waals surface area contributed by atoms with Crippen LogP contribution in [0.25, 0.3) is 0 Å². The van der Waals surface area contributed by atoms with Crippen LogP contribution >= 0.6 is 0 Å². The van der Waals surface area contributed by atoms with E-state index < -0.39 is 33.3 Å². The Morgan fingerprint density at radius 2 is 1.58 bits per heavy atom. The molecule has 1 fully saturated rings. The van der Waals surface area contributed by atoms with Gasteiger partial charge >= 0.3 is 5.69 Å². The van der Waals surface area contributed by atoms with E-state index in [0.717, 1.165) is 15.7 Å². The summed E-state index contributed by atoms with van der Waals surface area (Å²) in [6.07, 6.45) is -0.486. The maximum Gasteiger partial charge on any atom is 0.333 e. The van der Waals surface area contributed by atoms with Gasteiger partial charge in [-0.3, -0.25) is 13.9 Å². The van der Waals surface area contributed by atoms with Crippen molar-refractivity contribution in [3.63, 3.8) is 0 Å². The van der Waals surface area contributed by atoms with E-state index in [-0.39, 0.29) is 29.8 Å². The molecule has 33 heavy (non-hydrogen) atoms. The fraction of sp³-hybridized carbons (Fsp3) is 0.333. The van der Waals surface area contributed by atoms with Crippen molar-refractivity contribution in [1.82, 2.24) is 13.4 Å². The number of hydrogen-bond acceptors (Lipinski definition) is 5. The Kier molecular flexibility index (Phi) is 5.06. The van der Waals surface area contributed by atoms with Crippen molar-refractivity contribution in [2.45, 2.75) is 23.8 Å². The van der Waals surface area contributed by atoms with Gasteiger partial charge in [0.25, 0.3) is 5.56 Å². The van der Waals surface area contributed by atoms with Crippen molar-refractivity contribution in [3.8, 4) is 5.88 Å². The van der Waals surface area contributed by atoms with Crippen LogP contribution < -0.4 is 16.0 Å². The number of sulfonamides is 1. The summed E-state index contributed by atoms with van der Waals surface area (Å²) in [5.74, 6) is -0.456. The normalized spacial score (nSPS) is 22.5. The summed E-state index contributed by atoms with van der Waals surface area (Å²) >= 11 is 0. The highest BCUT2D eigenvalue weighted by molar-refractivity contribution is 7.89. The lowest BCUT2D eigenvalue weighted by molar-refractivity contribution is 0.0955. The molecular weight excluding hydrogens is 442 g/mol. The second-order valence-corrected chi connectivity index (χ2v) is 10.7. The predicted molar refractivity (Wildman–Crippen MR) is 123 cm³/mol. The predicted octanol–water partition coefficient (Wildman–Crippen LogP) is 1.93. The van der Waals surface area contributed by atoms with Gasteiger partial charge in [0.15, 0.2) is 0 Å². The van der Waals surface area contributed by atoms with Crippen LogP contribution in [0.15, 0.2) is 69.1 Å². The van der Waals surface area contributed by atoms with Crippen molar-refractivity contribution in [2.24, 2.45) is 20.0 Å². The van der Waals surface area contributed by atoms with Gasteiger partial charge in [-0.1, -0.05) is 48.0 Å². The Morgan fingerprint density at radius 1 is 0.909 bits per heavy atom. The van der Waals surface area contributed by atoms with Crippen molar-refractivity contribution in [3.05, 3.63) is 92.1 Å². The number of ether oxygens (including phenoxy) is 1. The lowest BCUT2D eigenvalue weighted by Crippen LogP contribution is -2.44. The molecule has 0 radical (unpaired) electrons. The van der Waals surface area contributed by atoms with Gasteiger partial charge in [0.05, 0.1) is 10.5 Å². The molecular formula is C24H25N3O5S. The molecule has 8 nitrogen and oxygen atoms in total. The number of aromatic nitrogens is 2. The first-order chi connectivity index (χ1) is 15.7. The first kappa shape index (κ1) is 21.7. The zero-order valence-corrected chi connectivity index (χ0v) is 19.5. The van der Waals surface area contributed by atoms with E-state index >= 15 is 0 Å². The Balaban J connectivity index is 1.65. The van der Waals surface area contributed by atoms with Gasteiger partial charge in [-0.15, -0.1) is 0 Å². The summed E-state index contributed by atoms with van der Waals surface area (Å²) in [4.78, 5) is 25.9. The first-order valence-electron chi connectivity index (χ1n) is 10.8. The summed E-state index contributed by atoms with van der Waals surface area (Å²) in [6.45, 7) is 2.26. The third kappa shape index (κ3) is 3.34. The molecule has 2 aliphatic rings. The third-order valence-corrected chi connectivity index (χ3v) is 8.61. The summed E-state index contributed by atoms with van der Waals surface area (Å²) in [5, 5.41) is 0. The summed E-state index contributed by atoms with van der Waals surface area (Å²) in [6, 6.07) is 16.3. The quantitative estimate of drug-likeness (QED) is 0.587. The van der Waals surface area contributed by atoms with E-state index in [1.54, 1.807) is 31.3 Å². The molecule has 172 valence electrons. The Morgan fingerprint density at radius 3 is 2.24 bits per heavy atom. The van der Waals surface area contributed by atoms with E-state index in [0.29, 0.717) is 5.56 Å². The zero-order chi connectivity index (χ0) is 23.5. The van der Waals surface area contributed by atoms with Crippen molar-refractivity contribution in [1.29, 1.82) is 0 Å². The topological polar surface area (TPSA) is 90.6 Å². The van der Waals surface area contributed by atoms with Crippen molar-refractivity contribution >= 4 is 10.0 Å². The molecule has 1 aromatic heterocycles. The van der Waals surface area contributed by atoms with E-state index in [2.05, 4.69) is 0 Å². The number of benzene rings is 2. The molecule has 0 saturated carbocycles. The van der Waals surface area contributed by atoms with Crippen LogP contribution in [0, 0.1) is 12.8 Å². The van der Waals surface area contributed by atoms with Gasteiger partial charge in [0.1, 0.15) is 6.10 Å².